The number of rotatable bonds is 7. The third-order valence-electron chi connectivity index (χ3n) is 4.00. The zero-order valence-electron chi connectivity index (χ0n) is 14.5. The van der Waals surface area contributed by atoms with Crippen LogP contribution >= 0.6 is 0 Å². The third-order valence-corrected chi connectivity index (χ3v) is 8.91. The first-order valence-corrected chi connectivity index (χ1v) is 10.9. The topological polar surface area (TPSA) is 0 Å². The molecular weight excluding hydrogens is 504 g/mol. The molecule has 0 saturated heterocycles. The maximum atomic E-state index is 14.8. The fraction of sp³-hybridized carbons (Fsp3) is 0.333. The van der Waals surface area contributed by atoms with E-state index in [0.717, 1.165) is 24.3 Å². The van der Waals surface area contributed by atoms with Gasteiger partial charge in [0.05, 0.1) is 0 Å². The van der Waals surface area contributed by atoms with Crippen LogP contribution in [0.25, 0.3) is 0 Å². The first-order valence-electron chi connectivity index (χ1n) is 7.95. The van der Waals surface area contributed by atoms with Crippen molar-refractivity contribution < 1.29 is 48.3 Å². The maximum absolute atomic E-state index is 14.8. The van der Waals surface area contributed by atoms with Crippen LogP contribution in [0.1, 0.15) is 5.56 Å². The van der Waals surface area contributed by atoms with Crippen LogP contribution in [-0.4, -0.2) is 42.7 Å². The SMILES string of the molecule is FC(F)(F)C(F)(F)C(F)(F)C(F)(F)C(F)(F)[Se](Cc1ccccc1)c1ccccc1. The molecule has 0 N–H and O–H groups in total. The molecule has 2 aromatic rings. The van der Waals surface area contributed by atoms with Crippen molar-refractivity contribution in [3.05, 3.63) is 66.2 Å². The number of hydrogen-bond donors (Lipinski definition) is 0. The minimum absolute atomic E-state index is 0.00715. The molecule has 0 atom stereocenters. The molecule has 0 amide bonds. The van der Waals surface area contributed by atoms with E-state index in [0.29, 0.717) is 0 Å². The van der Waals surface area contributed by atoms with Gasteiger partial charge >= 0.3 is 167 Å². The molecule has 0 spiro atoms. The van der Waals surface area contributed by atoms with Crippen LogP contribution in [0.5, 0.6) is 0 Å². The summed E-state index contributed by atoms with van der Waals surface area (Å²) in [6.45, 7) is 0. The fourth-order valence-corrected chi connectivity index (χ4v) is 6.75. The predicted molar refractivity (Wildman–Crippen MR) is 87.8 cm³/mol. The Morgan fingerprint density at radius 2 is 0.967 bits per heavy atom. The van der Waals surface area contributed by atoms with E-state index in [2.05, 4.69) is 0 Å². The molecule has 1 radical (unpaired) electrons. The van der Waals surface area contributed by atoms with Crippen molar-refractivity contribution in [2.45, 2.75) is 34.1 Å². The van der Waals surface area contributed by atoms with E-state index < -0.39 is 52.4 Å². The van der Waals surface area contributed by atoms with Crippen LogP contribution in [0.4, 0.5) is 48.3 Å². The van der Waals surface area contributed by atoms with Gasteiger partial charge in [0.1, 0.15) is 0 Å². The van der Waals surface area contributed by atoms with Gasteiger partial charge in [-0.1, -0.05) is 0 Å². The van der Waals surface area contributed by atoms with Gasteiger partial charge in [-0.2, -0.15) is 0 Å². The zero-order chi connectivity index (χ0) is 23.0. The average Bonchev–Trinajstić information content (AvgIpc) is 2.66. The fourth-order valence-electron chi connectivity index (χ4n) is 2.36. The van der Waals surface area contributed by atoms with Gasteiger partial charge in [0.2, 0.25) is 0 Å². The van der Waals surface area contributed by atoms with Crippen molar-refractivity contribution >= 4 is 18.4 Å². The number of halogens is 11. The molecule has 30 heavy (non-hydrogen) atoms. The van der Waals surface area contributed by atoms with E-state index in [9.17, 15) is 48.3 Å². The second-order valence-electron chi connectivity index (χ2n) is 6.07. The Morgan fingerprint density at radius 1 is 0.533 bits per heavy atom. The molecule has 0 aliphatic rings. The Hall–Kier alpha value is -1.81. The Bertz CT molecular complexity index is 832. The van der Waals surface area contributed by atoms with E-state index in [1.165, 1.54) is 36.4 Å². The van der Waals surface area contributed by atoms with Crippen molar-refractivity contribution in [3.63, 3.8) is 0 Å². The van der Waals surface area contributed by atoms with Gasteiger partial charge < -0.3 is 0 Å². The summed E-state index contributed by atoms with van der Waals surface area (Å²) in [7, 11) is 0. The third kappa shape index (κ3) is 4.03. The molecule has 0 aliphatic heterocycles. The van der Waals surface area contributed by atoms with Gasteiger partial charge in [0, 0.05) is 0 Å². The normalized spacial score (nSPS) is 14.3. The first kappa shape index (κ1) is 24.5. The second-order valence-corrected chi connectivity index (χ2v) is 10.4. The summed E-state index contributed by atoms with van der Waals surface area (Å²) < 4.78 is 148. The molecule has 0 saturated carbocycles. The Labute approximate surface area is 167 Å². The van der Waals surface area contributed by atoms with Crippen LogP contribution in [0.2, 0.25) is 0 Å². The molecular formula is C18H12F11Se. The molecule has 0 fully saturated rings. The summed E-state index contributed by atoms with van der Waals surface area (Å²) in [5, 5.41) is -0.902. The van der Waals surface area contributed by atoms with Crippen molar-refractivity contribution in [1.29, 1.82) is 0 Å². The minimum atomic E-state index is -7.39. The van der Waals surface area contributed by atoms with E-state index in [-0.39, 0.29) is 5.56 Å². The zero-order valence-corrected chi connectivity index (χ0v) is 16.3. The standard InChI is InChI=1S/C18H12F11Se/c19-14(20,15(21,22)17(25,26)27)16(23,24)18(28,29)30(13-9-5-2-6-10-13)11-12-7-3-1-4-8-12/h1-10H,11H2. The van der Waals surface area contributed by atoms with Gasteiger partial charge in [0.15, 0.2) is 0 Å². The summed E-state index contributed by atoms with van der Waals surface area (Å²) in [4.78, 5) is -5.86. The number of hydrogen-bond acceptors (Lipinski definition) is 0. The van der Waals surface area contributed by atoms with E-state index in [1.807, 2.05) is 0 Å². The van der Waals surface area contributed by atoms with E-state index >= 15 is 0 Å². The second kappa shape index (κ2) is 8.03. The molecule has 0 nitrogen and oxygen atoms in total. The number of benzene rings is 2. The molecule has 2 rings (SSSR count). The van der Waals surface area contributed by atoms with Gasteiger partial charge in [-0.3, -0.25) is 0 Å². The Balaban J connectivity index is 2.61. The van der Waals surface area contributed by atoms with Crippen LogP contribution in [-0.2, 0) is 5.32 Å². The molecule has 0 aromatic heterocycles. The van der Waals surface area contributed by atoms with E-state index in [1.54, 1.807) is 0 Å². The molecule has 2 aromatic carbocycles. The molecule has 0 bridgehead atoms. The van der Waals surface area contributed by atoms with Gasteiger partial charge in [-0.15, -0.1) is 0 Å². The van der Waals surface area contributed by atoms with Gasteiger partial charge in [-0.25, -0.2) is 0 Å². The van der Waals surface area contributed by atoms with Crippen LogP contribution < -0.4 is 4.46 Å². The van der Waals surface area contributed by atoms with Crippen LogP contribution in [0, 0.1) is 0 Å². The predicted octanol–water partition coefficient (Wildman–Crippen LogP) is 5.81. The quantitative estimate of drug-likeness (QED) is 0.322. The summed E-state index contributed by atoms with van der Waals surface area (Å²) in [5.74, 6) is -21.8. The monoisotopic (exact) mass is 517 g/mol. The first-order chi connectivity index (χ1) is 13.6. The van der Waals surface area contributed by atoms with Gasteiger partial charge in [-0.05, 0) is 0 Å². The van der Waals surface area contributed by atoms with Crippen LogP contribution in [0.15, 0.2) is 60.7 Å². The van der Waals surface area contributed by atoms with Crippen molar-refractivity contribution in [3.8, 4) is 0 Å². The van der Waals surface area contributed by atoms with Gasteiger partial charge in [0.25, 0.3) is 0 Å². The molecule has 167 valence electrons. The van der Waals surface area contributed by atoms with Crippen molar-refractivity contribution in [1.82, 2.24) is 0 Å². The number of alkyl halides is 11. The van der Waals surface area contributed by atoms with E-state index in [4.69, 9.17) is 0 Å². The molecule has 0 unspecified atom stereocenters. The summed E-state index contributed by atoms with van der Waals surface area (Å²) >= 11 is -4.46. The Morgan fingerprint density at radius 3 is 1.40 bits per heavy atom. The average molecular weight is 516 g/mol. The molecule has 0 aliphatic carbocycles. The summed E-state index contributed by atoms with van der Waals surface area (Å²) in [6.07, 6.45) is -7.17. The van der Waals surface area contributed by atoms with Crippen molar-refractivity contribution in [2.75, 3.05) is 0 Å². The molecule has 12 heteroatoms. The molecule has 0 heterocycles. The Kier molecular flexibility index (Phi) is 6.55. The summed E-state index contributed by atoms with van der Waals surface area (Å²) in [5.41, 5.74) is 0.00715. The summed E-state index contributed by atoms with van der Waals surface area (Å²) in [6, 6.07) is 12.0. The van der Waals surface area contributed by atoms with Crippen molar-refractivity contribution in [2.24, 2.45) is 0 Å². The van der Waals surface area contributed by atoms with Crippen LogP contribution in [0.3, 0.4) is 0 Å².